The molecule has 30 heavy (non-hydrogen) atoms. The first kappa shape index (κ1) is 23.1. The fourth-order valence-electron chi connectivity index (χ4n) is 4.61. The standard InChI is InChI=1S/C27H36ClFO/c1-3-5-7-8-20-9-11-22(12-10-20)25-18-17-24(26(28)27(25)29)21-13-15-23(16-14-21)30-19-6-4-2/h13-18,20,22H,3-12,19H2,1-2H3. The highest BCUT2D eigenvalue weighted by Gasteiger charge is 2.25. The topological polar surface area (TPSA) is 9.23 Å². The summed E-state index contributed by atoms with van der Waals surface area (Å²) in [5, 5.41) is 0.247. The van der Waals surface area contributed by atoms with Crippen molar-refractivity contribution < 1.29 is 9.13 Å². The molecular formula is C27H36ClFO. The Hall–Kier alpha value is -1.54. The molecule has 3 heteroatoms. The third-order valence-electron chi connectivity index (χ3n) is 6.55. The van der Waals surface area contributed by atoms with Crippen LogP contribution in [0.1, 0.15) is 89.5 Å². The van der Waals surface area contributed by atoms with Gasteiger partial charge in [-0.05, 0) is 67.2 Å². The first-order chi connectivity index (χ1) is 14.6. The zero-order valence-electron chi connectivity index (χ0n) is 18.6. The van der Waals surface area contributed by atoms with Crippen LogP contribution in [-0.4, -0.2) is 6.61 Å². The third-order valence-corrected chi connectivity index (χ3v) is 6.92. The molecule has 164 valence electrons. The first-order valence-corrected chi connectivity index (χ1v) is 12.2. The van der Waals surface area contributed by atoms with Gasteiger partial charge in [-0.15, -0.1) is 0 Å². The lowest BCUT2D eigenvalue weighted by Gasteiger charge is -2.29. The molecule has 0 N–H and O–H groups in total. The van der Waals surface area contributed by atoms with Crippen LogP contribution >= 0.6 is 11.6 Å². The first-order valence-electron chi connectivity index (χ1n) is 11.8. The van der Waals surface area contributed by atoms with Crippen molar-refractivity contribution in [2.24, 2.45) is 5.92 Å². The van der Waals surface area contributed by atoms with Crippen molar-refractivity contribution in [3.05, 3.63) is 52.8 Å². The molecule has 1 aliphatic carbocycles. The number of ether oxygens (including phenoxy) is 1. The fraction of sp³-hybridized carbons (Fsp3) is 0.556. The van der Waals surface area contributed by atoms with Gasteiger partial charge in [0.15, 0.2) is 0 Å². The summed E-state index contributed by atoms with van der Waals surface area (Å²) in [6, 6.07) is 11.7. The van der Waals surface area contributed by atoms with Crippen LogP contribution in [0.5, 0.6) is 5.75 Å². The lowest BCUT2D eigenvalue weighted by molar-refractivity contribution is 0.299. The van der Waals surface area contributed by atoms with Crippen LogP contribution in [0.3, 0.4) is 0 Å². The summed E-state index contributed by atoms with van der Waals surface area (Å²) in [6.07, 6.45) is 12.0. The largest absolute Gasteiger partial charge is 0.494 e. The van der Waals surface area contributed by atoms with Crippen LogP contribution in [0.2, 0.25) is 5.02 Å². The van der Waals surface area contributed by atoms with Gasteiger partial charge in [-0.2, -0.15) is 0 Å². The molecule has 0 radical (unpaired) electrons. The average Bonchev–Trinajstić information content (AvgIpc) is 2.77. The van der Waals surface area contributed by atoms with E-state index in [1.165, 1.54) is 38.5 Å². The second-order valence-corrected chi connectivity index (χ2v) is 9.15. The van der Waals surface area contributed by atoms with Crippen molar-refractivity contribution in [1.29, 1.82) is 0 Å². The molecule has 0 heterocycles. The molecule has 2 aromatic carbocycles. The molecule has 0 saturated heterocycles. The van der Waals surface area contributed by atoms with Gasteiger partial charge in [0.2, 0.25) is 0 Å². The van der Waals surface area contributed by atoms with Crippen LogP contribution < -0.4 is 4.74 Å². The molecule has 1 saturated carbocycles. The monoisotopic (exact) mass is 430 g/mol. The Morgan fingerprint density at radius 1 is 0.900 bits per heavy atom. The van der Waals surface area contributed by atoms with E-state index in [1.54, 1.807) is 0 Å². The maximum absolute atomic E-state index is 15.2. The summed E-state index contributed by atoms with van der Waals surface area (Å²) < 4.78 is 20.9. The molecule has 0 unspecified atom stereocenters. The minimum Gasteiger partial charge on any atom is -0.494 e. The Bertz CT molecular complexity index is 778. The molecular weight excluding hydrogens is 395 g/mol. The minimum absolute atomic E-state index is 0.230. The van der Waals surface area contributed by atoms with Crippen molar-refractivity contribution in [3.63, 3.8) is 0 Å². The number of halogens is 2. The Balaban J connectivity index is 1.64. The zero-order chi connectivity index (χ0) is 21.3. The second-order valence-electron chi connectivity index (χ2n) is 8.77. The highest BCUT2D eigenvalue weighted by Crippen LogP contribution is 2.42. The van der Waals surface area contributed by atoms with Crippen LogP contribution in [0.15, 0.2) is 36.4 Å². The summed E-state index contributed by atoms with van der Waals surface area (Å²) in [4.78, 5) is 0. The summed E-state index contributed by atoms with van der Waals surface area (Å²) >= 11 is 6.50. The predicted molar refractivity (Wildman–Crippen MR) is 126 cm³/mol. The second kappa shape index (κ2) is 11.7. The van der Waals surface area contributed by atoms with E-state index in [2.05, 4.69) is 13.8 Å². The summed E-state index contributed by atoms with van der Waals surface area (Å²) in [7, 11) is 0. The van der Waals surface area contributed by atoms with E-state index in [0.29, 0.717) is 5.92 Å². The van der Waals surface area contributed by atoms with Crippen LogP contribution in [-0.2, 0) is 0 Å². The van der Waals surface area contributed by atoms with Gasteiger partial charge in [0.1, 0.15) is 11.6 Å². The molecule has 1 fully saturated rings. The molecule has 1 nitrogen and oxygen atoms in total. The van der Waals surface area contributed by atoms with Gasteiger partial charge >= 0.3 is 0 Å². The van der Waals surface area contributed by atoms with E-state index in [4.69, 9.17) is 16.3 Å². The van der Waals surface area contributed by atoms with Crippen molar-refractivity contribution in [1.82, 2.24) is 0 Å². The summed E-state index contributed by atoms with van der Waals surface area (Å²) in [5.41, 5.74) is 2.48. The lowest BCUT2D eigenvalue weighted by Crippen LogP contribution is -2.14. The predicted octanol–water partition coefficient (Wildman–Crippen LogP) is 9.18. The SMILES string of the molecule is CCCCCC1CCC(c2ccc(-c3ccc(OCCCC)cc3)c(Cl)c2F)CC1. The molecule has 3 rings (SSSR count). The van der Waals surface area contributed by atoms with Crippen LogP contribution in [0, 0.1) is 11.7 Å². The van der Waals surface area contributed by atoms with Crippen molar-refractivity contribution in [2.75, 3.05) is 6.61 Å². The number of hydrogen-bond acceptors (Lipinski definition) is 1. The number of unbranched alkanes of at least 4 members (excludes halogenated alkanes) is 3. The van der Waals surface area contributed by atoms with E-state index >= 15 is 4.39 Å². The highest BCUT2D eigenvalue weighted by atomic mass is 35.5. The number of benzene rings is 2. The number of hydrogen-bond donors (Lipinski definition) is 0. The fourth-order valence-corrected chi connectivity index (χ4v) is 4.89. The van der Waals surface area contributed by atoms with Gasteiger partial charge in [0, 0.05) is 5.56 Å². The highest BCUT2D eigenvalue weighted by molar-refractivity contribution is 6.33. The van der Waals surface area contributed by atoms with Crippen LogP contribution in [0.4, 0.5) is 4.39 Å². The Morgan fingerprint density at radius 2 is 1.60 bits per heavy atom. The Kier molecular flexibility index (Phi) is 9.05. The quantitative estimate of drug-likeness (QED) is 0.341. The van der Waals surface area contributed by atoms with Crippen molar-refractivity contribution in [2.45, 2.75) is 84.0 Å². The van der Waals surface area contributed by atoms with E-state index in [1.807, 2.05) is 36.4 Å². The molecule has 0 spiro atoms. The third kappa shape index (κ3) is 6.00. The van der Waals surface area contributed by atoms with Gasteiger partial charge in [-0.1, -0.05) is 81.8 Å². The zero-order valence-corrected chi connectivity index (χ0v) is 19.3. The van der Waals surface area contributed by atoms with Gasteiger partial charge in [0.25, 0.3) is 0 Å². The Morgan fingerprint density at radius 3 is 2.27 bits per heavy atom. The molecule has 0 aliphatic heterocycles. The summed E-state index contributed by atoms with van der Waals surface area (Å²) in [6.45, 7) is 5.12. The lowest BCUT2D eigenvalue weighted by atomic mass is 9.76. The average molecular weight is 431 g/mol. The Labute approximate surface area is 187 Å². The maximum Gasteiger partial charge on any atom is 0.145 e. The molecule has 2 aromatic rings. The van der Waals surface area contributed by atoms with E-state index in [0.717, 1.165) is 60.6 Å². The smallest absolute Gasteiger partial charge is 0.145 e. The van der Waals surface area contributed by atoms with E-state index < -0.39 is 0 Å². The van der Waals surface area contributed by atoms with E-state index in [-0.39, 0.29) is 10.8 Å². The van der Waals surface area contributed by atoms with Gasteiger partial charge in [-0.25, -0.2) is 4.39 Å². The molecule has 0 aromatic heterocycles. The molecule has 0 amide bonds. The molecule has 0 bridgehead atoms. The van der Waals surface area contributed by atoms with Crippen LogP contribution in [0.25, 0.3) is 11.1 Å². The number of rotatable bonds is 10. The van der Waals surface area contributed by atoms with Gasteiger partial charge < -0.3 is 4.74 Å². The normalized spacial score (nSPS) is 19.1. The summed E-state index contributed by atoms with van der Waals surface area (Å²) in [5.74, 6) is 1.74. The molecule has 0 atom stereocenters. The maximum atomic E-state index is 15.2. The molecule has 1 aliphatic rings. The van der Waals surface area contributed by atoms with E-state index in [9.17, 15) is 0 Å². The van der Waals surface area contributed by atoms with Gasteiger partial charge in [0.05, 0.1) is 11.6 Å². The van der Waals surface area contributed by atoms with Crippen molar-refractivity contribution in [3.8, 4) is 16.9 Å². The minimum atomic E-state index is -0.230. The van der Waals surface area contributed by atoms with Gasteiger partial charge in [-0.3, -0.25) is 0 Å². The van der Waals surface area contributed by atoms with Crippen molar-refractivity contribution >= 4 is 11.6 Å².